The zero-order chi connectivity index (χ0) is 44.1. The quantitative estimate of drug-likeness (QED) is 0.0429. The smallest absolute Gasteiger partial charge is 0.408 e. The first kappa shape index (κ1) is 53.0. The van der Waals surface area contributed by atoms with Crippen LogP contribution in [0, 0.1) is 0 Å². The number of carboxylic acid groups (broad SMARTS) is 4. The molecule has 5 amide bonds. The average molecular weight is 893 g/mol. The van der Waals surface area contributed by atoms with Gasteiger partial charge < -0.3 is 67.0 Å². The molecule has 0 aromatic rings. The van der Waals surface area contributed by atoms with Gasteiger partial charge in [0.05, 0.1) is 0 Å². The van der Waals surface area contributed by atoms with E-state index in [1.807, 2.05) is 34.6 Å². The van der Waals surface area contributed by atoms with Gasteiger partial charge in [0.25, 0.3) is 0 Å². The van der Waals surface area contributed by atoms with Crippen LogP contribution < -0.4 is 32.3 Å². The molecule has 0 aliphatic heterocycles. The fraction of sp³-hybridized carbons (Fsp3) is 0.710. The minimum atomic E-state index is -1.76. The lowest BCUT2D eigenvalue weighted by molar-refractivity contribution is -0.141. The highest BCUT2D eigenvalue weighted by molar-refractivity contribution is 8.77. The highest BCUT2D eigenvalue weighted by Crippen LogP contribution is 2.40. The van der Waals surface area contributed by atoms with Crippen molar-refractivity contribution < 1.29 is 77.8 Å². The Balaban J connectivity index is 5.23. The molecule has 0 rings (SSSR count). The first-order valence-electron chi connectivity index (χ1n) is 16.8. The van der Waals surface area contributed by atoms with Crippen LogP contribution in [0.1, 0.15) is 61.3 Å². The summed E-state index contributed by atoms with van der Waals surface area (Å²) in [5.74, 6) is -7.34. The molecule has 0 aromatic carbocycles. The fourth-order valence-electron chi connectivity index (χ4n) is 3.53. The second-order valence-electron chi connectivity index (χ2n) is 14.1. The normalized spacial score (nSPS) is 13.7. The molecule has 0 radical (unpaired) electrons. The second-order valence-corrected chi connectivity index (χ2v) is 20.3. The number of carboxylic acids is 4. The number of hydrogen-bond acceptors (Lipinski definition) is 17. The van der Waals surface area contributed by atoms with Crippen molar-refractivity contribution in [3.05, 3.63) is 0 Å². The Labute approximate surface area is 344 Å². The van der Waals surface area contributed by atoms with Crippen molar-refractivity contribution in [3.63, 3.8) is 0 Å². The molecule has 0 heterocycles. The first-order chi connectivity index (χ1) is 26.1. The number of carbonyl (C=O) groups excluding carboxylic acids is 5. The molecule has 22 nitrogen and oxygen atoms in total. The van der Waals surface area contributed by atoms with E-state index in [1.165, 1.54) is 32.4 Å². The Morgan fingerprint density at radius 2 is 1.04 bits per heavy atom. The summed E-state index contributed by atoms with van der Waals surface area (Å²) >= 11 is 0. The molecular weight excluding hydrogens is 841 g/mol. The van der Waals surface area contributed by atoms with Gasteiger partial charge in [-0.05, 0) is 40.5 Å². The van der Waals surface area contributed by atoms with E-state index in [1.54, 1.807) is 13.8 Å². The highest BCUT2D eigenvalue weighted by Gasteiger charge is 2.32. The third kappa shape index (κ3) is 26.5. The van der Waals surface area contributed by atoms with E-state index in [0.717, 1.165) is 10.8 Å². The van der Waals surface area contributed by atoms with Gasteiger partial charge in [-0.2, -0.15) is 0 Å². The Kier molecular flexibility index (Phi) is 23.6. The zero-order valence-corrected chi connectivity index (χ0v) is 35.6. The largest absolute Gasteiger partial charge is 0.480 e. The molecule has 0 spiro atoms. The number of nitrogens with two attached hydrogens (primary N) is 1. The predicted octanol–water partition coefficient (Wildman–Crippen LogP) is 1.07. The molecule has 0 saturated heterocycles. The molecule has 0 aliphatic carbocycles. The minimum absolute atomic E-state index is 0.0198. The van der Waals surface area contributed by atoms with Crippen LogP contribution >= 0.6 is 43.2 Å². The summed E-state index contributed by atoms with van der Waals surface area (Å²) in [5, 5.41) is 47.2. The van der Waals surface area contributed by atoms with Crippen LogP contribution in [0.25, 0.3) is 0 Å². The van der Waals surface area contributed by atoms with Crippen LogP contribution in [0.5, 0.6) is 0 Å². The molecule has 26 heteroatoms. The topological polar surface area (TPSA) is 348 Å². The molecule has 4 atom stereocenters. The monoisotopic (exact) mass is 892 g/mol. The molecule has 0 fully saturated rings. The standard InChI is InChI=1S/C31H52N6O16S4/c1-29(2,3)56-54-14-18(22(42)33-10-20(38)39)37-27(49)52-13-17(25(46)47)35-28(50)53-30(4,5)8-9-31(6,7)57-55-15-19(23(43)34-11-21(40)41)36-26(48)51-12-16(32)24(44)45/h16-19H,8-15,32H2,1-7H3,(H,33,42)(H,34,43)(H,35,50)(H,36,48)(H,37,49)(H,38,39)(H,40,41)(H,44,45)(H,46,47)/t16-,17-,18-,19-/m0/s1. The van der Waals surface area contributed by atoms with Gasteiger partial charge in [-0.15, -0.1) is 0 Å². The fourth-order valence-corrected chi connectivity index (χ4v) is 8.76. The first-order valence-corrected chi connectivity index (χ1v) is 21.4. The molecule has 0 saturated carbocycles. The van der Waals surface area contributed by atoms with Crippen molar-refractivity contribution in [2.75, 3.05) is 37.8 Å². The number of nitrogens with one attached hydrogen (secondary N) is 5. The van der Waals surface area contributed by atoms with Crippen molar-refractivity contribution in [1.82, 2.24) is 26.6 Å². The van der Waals surface area contributed by atoms with Gasteiger partial charge in [-0.25, -0.2) is 19.2 Å². The molecule has 0 aliphatic rings. The number of alkyl carbamates (subject to hydrolysis) is 3. The summed E-state index contributed by atoms with van der Waals surface area (Å²) in [5.41, 5.74) is 4.15. The maximum absolute atomic E-state index is 12.7. The molecule has 0 aromatic heterocycles. The molecule has 0 bridgehead atoms. The summed E-state index contributed by atoms with van der Waals surface area (Å²) in [6.07, 6.45) is -2.86. The summed E-state index contributed by atoms with van der Waals surface area (Å²) in [6, 6.07) is -5.78. The molecule has 11 N–H and O–H groups in total. The summed E-state index contributed by atoms with van der Waals surface area (Å²) in [7, 11) is 5.07. The number of carbonyl (C=O) groups is 9. The lowest BCUT2D eigenvalue weighted by Gasteiger charge is -2.31. The molecular formula is C31H52N6O16S4. The van der Waals surface area contributed by atoms with Crippen molar-refractivity contribution in [2.24, 2.45) is 5.73 Å². The molecule has 326 valence electrons. The Hall–Kier alpha value is -4.01. The van der Waals surface area contributed by atoms with E-state index in [-0.39, 0.29) is 22.7 Å². The number of rotatable bonds is 26. The van der Waals surface area contributed by atoms with E-state index in [0.29, 0.717) is 6.42 Å². The van der Waals surface area contributed by atoms with Gasteiger partial charge in [0, 0.05) is 21.0 Å². The Morgan fingerprint density at radius 1 is 0.596 bits per heavy atom. The van der Waals surface area contributed by atoms with E-state index in [9.17, 15) is 48.3 Å². The summed E-state index contributed by atoms with van der Waals surface area (Å²) in [4.78, 5) is 107. The number of aliphatic carboxylic acids is 4. The molecule has 0 unspecified atom stereocenters. The van der Waals surface area contributed by atoms with E-state index >= 15 is 0 Å². The van der Waals surface area contributed by atoms with Crippen LogP contribution in [0.4, 0.5) is 14.4 Å². The number of ether oxygens (including phenoxy) is 3. The lowest BCUT2D eigenvalue weighted by Crippen LogP contribution is -2.51. The van der Waals surface area contributed by atoms with Crippen molar-refractivity contribution in [1.29, 1.82) is 0 Å². The van der Waals surface area contributed by atoms with Gasteiger partial charge in [-0.1, -0.05) is 63.9 Å². The maximum atomic E-state index is 12.7. The van der Waals surface area contributed by atoms with Crippen molar-refractivity contribution in [2.45, 2.75) is 101 Å². The second kappa shape index (κ2) is 25.4. The molecule has 57 heavy (non-hydrogen) atoms. The highest BCUT2D eigenvalue weighted by atomic mass is 33.1. The third-order valence-corrected chi connectivity index (χ3v) is 13.2. The van der Waals surface area contributed by atoms with Gasteiger partial charge in [-0.3, -0.25) is 24.0 Å². The van der Waals surface area contributed by atoms with Gasteiger partial charge in [0.2, 0.25) is 11.8 Å². The van der Waals surface area contributed by atoms with Crippen LogP contribution in [-0.2, 0) is 43.0 Å². The lowest BCUT2D eigenvalue weighted by atomic mass is 9.96. The summed E-state index contributed by atoms with van der Waals surface area (Å²) < 4.78 is 14.4. The zero-order valence-electron chi connectivity index (χ0n) is 32.4. The number of hydrogen-bond donors (Lipinski definition) is 10. The van der Waals surface area contributed by atoms with Gasteiger partial charge >= 0.3 is 42.2 Å². The Bertz CT molecular complexity index is 1430. The van der Waals surface area contributed by atoms with Crippen LogP contribution in [0.3, 0.4) is 0 Å². The minimum Gasteiger partial charge on any atom is -0.480 e. The third-order valence-electron chi connectivity index (χ3n) is 6.49. The SMILES string of the molecule is CC(C)(CCC(C)(C)SSC[C@H](NC(=O)OC[C@H](N)C(=O)O)C(=O)NCC(=O)O)OC(=O)N[C@@H](COC(=O)N[C@@H](CSSC(C)(C)C)C(=O)NCC(=O)O)C(=O)O. The van der Waals surface area contributed by atoms with Crippen molar-refractivity contribution >= 4 is 97.1 Å². The van der Waals surface area contributed by atoms with Crippen LogP contribution in [-0.4, -0.2) is 151 Å². The Morgan fingerprint density at radius 3 is 1.46 bits per heavy atom. The van der Waals surface area contributed by atoms with Crippen molar-refractivity contribution in [3.8, 4) is 0 Å². The van der Waals surface area contributed by atoms with E-state index in [2.05, 4.69) is 26.6 Å². The predicted molar refractivity (Wildman–Crippen MR) is 212 cm³/mol. The van der Waals surface area contributed by atoms with Gasteiger partial charge in [0.15, 0.2) is 6.04 Å². The van der Waals surface area contributed by atoms with Gasteiger partial charge in [0.1, 0.15) is 50.0 Å². The van der Waals surface area contributed by atoms with Crippen LogP contribution in [0.15, 0.2) is 0 Å². The van der Waals surface area contributed by atoms with E-state index in [4.69, 9.17) is 35.3 Å². The summed E-state index contributed by atoms with van der Waals surface area (Å²) in [6.45, 7) is 9.60. The van der Waals surface area contributed by atoms with Crippen LogP contribution in [0.2, 0.25) is 0 Å². The van der Waals surface area contributed by atoms with E-state index < -0.39 is 115 Å². The maximum Gasteiger partial charge on any atom is 0.408 e. The average Bonchev–Trinajstić information content (AvgIpc) is 3.07. The number of amides is 5.